The largest absolute Gasteiger partial charge is 0.462 e. The number of carbonyl (C=O) groups is 3. The Bertz CT molecular complexity index is 733. The highest BCUT2D eigenvalue weighted by Crippen LogP contribution is 2.67. The minimum absolute atomic E-state index is 0.258. The van der Waals surface area contributed by atoms with Crippen LogP contribution in [0, 0.1) is 28.6 Å². The third-order valence-corrected chi connectivity index (χ3v) is 9.14. The molecular formula is C23H34O6. The van der Waals surface area contributed by atoms with Crippen LogP contribution in [0.3, 0.4) is 0 Å². The molecule has 162 valence electrons. The van der Waals surface area contributed by atoms with Gasteiger partial charge in [0.05, 0.1) is 6.10 Å². The number of esters is 2. The van der Waals surface area contributed by atoms with Crippen molar-refractivity contribution in [1.29, 1.82) is 0 Å². The Morgan fingerprint density at radius 3 is 2.41 bits per heavy atom. The lowest BCUT2D eigenvalue weighted by Crippen LogP contribution is -2.70. The summed E-state index contributed by atoms with van der Waals surface area (Å²) in [6.45, 7) is 7.04. The van der Waals surface area contributed by atoms with E-state index in [0.717, 1.165) is 25.7 Å². The molecule has 0 amide bonds. The highest BCUT2D eigenvalue weighted by Gasteiger charge is 2.69. The van der Waals surface area contributed by atoms with E-state index in [9.17, 15) is 19.5 Å². The van der Waals surface area contributed by atoms with E-state index >= 15 is 0 Å². The van der Waals surface area contributed by atoms with Gasteiger partial charge in [-0.2, -0.15) is 0 Å². The topological polar surface area (TPSA) is 89.9 Å². The molecule has 4 saturated carbocycles. The van der Waals surface area contributed by atoms with Crippen LogP contribution < -0.4 is 0 Å². The summed E-state index contributed by atoms with van der Waals surface area (Å²) in [5.41, 5.74) is -1.72. The monoisotopic (exact) mass is 406 g/mol. The summed E-state index contributed by atoms with van der Waals surface area (Å²) in [6, 6.07) is 0. The average molecular weight is 407 g/mol. The van der Waals surface area contributed by atoms with E-state index < -0.39 is 23.1 Å². The van der Waals surface area contributed by atoms with Gasteiger partial charge >= 0.3 is 11.9 Å². The number of ketones is 1. The molecule has 0 radical (unpaired) electrons. The van der Waals surface area contributed by atoms with Gasteiger partial charge in [-0.15, -0.1) is 0 Å². The summed E-state index contributed by atoms with van der Waals surface area (Å²) >= 11 is 0. The summed E-state index contributed by atoms with van der Waals surface area (Å²) in [4.78, 5) is 36.3. The first kappa shape index (κ1) is 20.8. The van der Waals surface area contributed by atoms with E-state index in [-0.39, 0.29) is 29.3 Å². The van der Waals surface area contributed by atoms with Gasteiger partial charge in [0.25, 0.3) is 0 Å². The van der Waals surface area contributed by atoms with Crippen LogP contribution in [0.4, 0.5) is 0 Å². The maximum absolute atomic E-state index is 12.6. The quantitative estimate of drug-likeness (QED) is 0.709. The van der Waals surface area contributed by atoms with Crippen molar-refractivity contribution in [1.82, 2.24) is 0 Å². The Hall–Kier alpha value is -1.43. The maximum atomic E-state index is 12.6. The summed E-state index contributed by atoms with van der Waals surface area (Å²) in [5, 5.41) is 11.4. The lowest BCUT2D eigenvalue weighted by atomic mass is 9.43. The summed E-state index contributed by atoms with van der Waals surface area (Å²) in [7, 11) is 0. The van der Waals surface area contributed by atoms with Crippen molar-refractivity contribution < 1.29 is 29.0 Å². The van der Waals surface area contributed by atoms with Crippen LogP contribution in [-0.4, -0.2) is 40.6 Å². The van der Waals surface area contributed by atoms with Crippen molar-refractivity contribution in [3.05, 3.63) is 0 Å². The Labute approximate surface area is 172 Å². The van der Waals surface area contributed by atoms with E-state index in [1.807, 2.05) is 0 Å². The van der Waals surface area contributed by atoms with Crippen LogP contribution in [0.15, 0.2) is 0 Å². The van der Waals surface area contributed by atoms with Gasteiger partial charge in [0.1, 0.15) is 17.5 Å². The average Bonchev–Trinajstić information content (AvgIpc) is 2.92. The Balaban J connectivity index is 1.72. The third-order valence-electron chi connectivity index (χ3n) is 9.14. The van der Waals surface area contributed by atoms with Crippen LogP contribution in [0.1, 0.15) is 79.1 Å². The molecule has 0 aromatic rings. The summed E-state index contributed by atoms with van der Waals surface area (Å²) in [5.74, 6) is 0.450. The van der Waals surface area contributed by atoms with Crippen molar-refractivity contribution in [2.75, 3.05) is 0 Å². The standard InChI is InChI=1S/C23H34O6/c1-13(24)28-15-7-10-22(4)18-8-9-21(3)17(5-6-19(21)26)16(18)11-20(27)23(22,12-15)29-14(2)25/h15-18,20,27H,5-12H2,1-4H3/t15?,16-,17-,18-,20?,21-,22+,23-/m0/s1. The number of Topliss-reactive ketones (excluding diaryl/α,β-unsaturated/α-hetero) is 1. The lowest BCUT2D eigenvalue weighted by molar-refractivity contribution is -0.273. The van der Waals surface area contributed by atoms with Gasteiger partial charge in [-0.05, 0) is 56.3 Å². The number of aliphatic hydroxyl groups is 1. The number of hydrogen-bond donors (Lipinski definition) is 1. The van der Waals surface area contributed by atoms with Crippen LogP contribution in [0.25, 0.3) is 0 Å². The Kier molecular flexibility index (Phi) is 4.88. The molecule has 4 fully saturated rings. The molecule has 1 N–H and O–H groups in total. The van der Waals surface area contributed by atoms with E-state index in [2.05, 4.69) is 13.8 Å². The molecule has 8 atom stereocenters. The van der Waals surface area contributed by atoms with Crippen molar-refractivity contribution in [2.24, 2.45) is 28.6 Å². The molecule has 0 aliphatic heterocycles. The first-order chi connectivity index (χ1) is 13.5. The third kappa shape index (κ3) is 2.88. The van der Waals surface area contributed by atoms with E-state index in [0.29, 0.717) is 37.4 Å². The van der Waals surface area contributed by atoms with Crippen molar-refractivity contribution in [3.8, 4) is 0 Å². The van der Waals surface area contributed by atoms with Crippen LogP contribution in [-0.2, 0) is 23.9 Å². The molecule has 6 heteroatoms. The summed E-state index contributed by atoms with van der Waals surface area (Å²) in [6.07, 6.45) is 4.45. The zero-order chi connectivity index (χ0) is 21.2. The lowest BCUT2D eigenvalue weighted by Gasteiger charge is -2.65. The first-order valence-corrected chi connectivity index (χ1v) is 11.1. The van der Waals surface area contributed by atoms with Gasteiger partial charge in [-0.25, -0.2) is 0 Å². The van der Waals surface area contributed by atoms with Crippen molar-refractivity contribution in [2.45, 2.75) is 96.9 Å². The number of ether oxygens (including phenoxy) is 2. The molecule has 4 aliphatic rings. The highest BCUT2D eigenvalue weighted by molar-refractivity contribution is 5.87. The fourth-order valence-corrected chi connectivity index (χ4v) is 7.81. The van der Waals surface area contributed by atoms with Crippen molar-refractivity contribution in [3.63, 3.8) is 0 Å². The molecule has 2 unspecified atom stereocenters. The second kappa shape index (κ2) is 6.79. The number of rotatable bonds is 2. The molecule has 0 saturated heterocycles. The van der Waals surface area contributed by atoms with Crippen LogP contribution in [0.2, 0.25) is 0 Å². The molecule has 0 heterocycles. The maximum Gasteiger partial charge on any atom is 0.303 e. The molecule has 29 heavy (non-hydrogen) atoms. The van der Waals surface area contributed by atoms with Gasteiger partial charge in [0.2, 0.25) is 0 Å². The molecule has 0 aromatic carbocycles. The Morgan fingerprint density at radius 1 is 1.03 bits per heavy atom. The zero-order valence-corrected chi connectivity index (χ0v) is 18.0. The molecule has 0 aromatic heterocycles. The molecule has 0 spiro atoms. The highest BCUT2D eigenvalue weighted by atomic mass is 16.6. The van der Waals surface area contributed by atoms with Gasteiger partial charge in [-0.3, -0.25) is 14.4 Å². The van der Waals surface area contributed by atoms with E-state index in [1.165, 1.54) is 13.8 Å². The fraction of sp³-hybridized carbons (Fsp3) is 0.870. The SMILES string of the molecule is CC(=O)OC1CC[C@]2(C)[C@H]3CC[C@]4(C)C(=O)CC[C@H]4[C@@H]3CC(O)[C@@]2(OC(C)=O)C1. The van der Waals surface area contributed by atoms with Crippen LogP contribution >= 0.6 is 0 Å². The predicted octanol–water partition coefficient (Wildman–Crippen LogP) is 3.19. The van der Waals surface area contributed by atoms with Gasteiger partial charge in [0.15, 0.2) is 0 Å². The minimum atomic E-state index is -1.05. The first-order valence-electron chi connectivity index (χ1n) is 11.1. The number of fused-ring (bicyclic) bond motifs is 5. The zero-order valence-electron chi connectivity index (χ0n) is 18.0. The molecule has 6 nitrogen and oxygen atoms in total. The van der Waals surface area contributed by atoms with Gasteiger partial charge < -0.3 is 14.6 Å². The number of carbonyl (C=O) groups excluding carboxylic acids is 3. The predicted molar refractivity (Wildman–Crippen MR) is 105 cm³/mol. The summed E-state index contributed by atoms with van der Waals surface area (Å²) < 4.78 is 11.5. The molecular weight excluding hydrogens is 372 g/mol. The number of aliphatic hydroxyl groups excluding tert-OH is 1. The molecule has 4 aliphatic carbocycles. The van der Waals surface area contributed by atoms with Gasteiger partial charge in [0, 0.05) is 37.5 Å². The van der Waals surface area contributed by atoms with Gasteiger partial charge in [-0.1, -0.05) is 13.8 Å². The smallest absolute Gasteiger partial charge is 0.303 e. The Morgan fingerprint density at radius 2 is 1.76 bits per heavy atom. The second-order valence-electron chi connectivity index (χ2n) is 10.4. The normalized spacial score (nSPS) is 48.9. The van der Waals surface area contributed by atoms with Crippen LogP contribution in [0.5, 0.6) is 0 Å². The molecule has 4 rings (SSSR count). The van der Waals surface area contributed by atoms with E-state index in [1.54, 1.807) is 0 Å². The van der Waals surface area contributed by atoms with E-state index in [4.69, 9.17) is 9.47 Å². The fourth-order valence-electron chi connectivity index (χ4n) is 7.81. The minimum Gasteiger partial charge on any atom is -0.462 e. The second-order valence-corrected chi connectivity index (χ2v) is 10.4. The molecule has 0 bridgehead atoms. The van der Waals surface area contributed by atoms with Crippen molar-refractivity contribution >= 4 is 17.7 Å². The number of hydrogen-bond acceptors (Lipinski definition) is 6.